The van der Waals surface area contributed by atoms with E-state index >= 15 is 0 Å². The number of nitrogens with zero attached hydrogens (tertiary/aromatic N) is 12. The van der Waals surface area contributed by atoms with Crippen molar-refractivity contribution in [3.63, 3.8) is 0 Å². The Bertz CT molecular complexity index is 2820. The Morgan fingerprint density at radius 2 is 0.833 bits per heavy atom. The first-order chi connectivity index (χ1) is 32.1. The van der Waals surface area contributed by atoms with Crippen LogP contribution in [0.15, 0.2) is 130 Å². The Morgan fingerprint density at radius 3 is 1.14 bits per heavy atom. The lowest BCUT2D eigenvalue weighted by Gasteiger charge is -2.20. The molecule has 0 aliphatic heterocycles. The van der Waals surface area contributed by atoms with Crippen LogP contribution in [-0.2, 0) is 38.9 Å². The van der Waals surface area contributed by atoms with Gasteiger partial charge in [0.2, 0.25) is 11.6 Å². The van der Waals surface area contributed by atoms with E-state index in [1.165, 1.54) is 48.5 Å². The normalized spacial score (nSPS) is 12.4. The first-order valence-electron chi connectivity index (χ1n) is 20.1. The Kier molecular flexibility index (Phi) is 11.8. The number of nitrogens with one attached hydrogen (secondary N) is 2. The van der Waals surface area contributed by atoms with Crippen LogP contribution in [0.1, 0.15) is 56.2 Å². The Morgan fingerprint density at radius 1 is 0.500 bits per heavy atom. The van der Waals surface area contributed by atoms with Crippen molar-refractivity contribution in [3.05, 3.63) is 186 Å². The fourth-order valence-electron chi connectivity index (χ4n) is 7.44. The van der Waals surface area contributed by atoms with Crippen LogP contribution in [-0.4, -0.2) is 61.3 Å². The molecule has 1 aliphatic carbocycles. The van der Waals surface area contributed by atoms with E-state index in [-0.39, 0.29) is 73.4 Å². The van der Waals surface area contributed by atoms with Gasteiger partial charge in [0.1, 0.15) is 23.0 Å². The van der Waals surface area contributed by atoms with Gasteiger partial charge in [-0.1, -0.05) is 46.8 Å². The third-order valence-corrected chi connectivity index (χ3v) is 10.5. The van der Waals surface area contributed by atoms with Crippen molar-refractivity contribution in [2.45, 2.75) is 38.9 Å². The SMILES string of the molecule is O=[N+]([O-])c1ccc(N=Nc2cc3c(O)c(c2)Cc2cccc(c2OCc2nn[nH]n2)Cc2cc(N=Nc4ccc([N+](=O)[O-])cc4)cc(c2O)Cc2cccc(c2OCc2nn[nH]n2)C3)cc1. The number of non-ortho nitro benzene ring substituents is 2. The Labute approximate surface area is 372 Å². The van der Waals surface area contributed by atoms with E-state index in [4.69, 9.17) is 9.47 Å². The summed E-state index contributed by atoms with van der Waals surface area (Å²) < 4.78 is 12.9. The largest absolute Gasteiger partial charge is 0.507 e. The van der Waals surface area contributed by atoms with E-state index < -0.39 is 9.85 Å². The number of ether oxygens (including phenoxy) is 2. The smallest absolute Gasteiger partial charge is 0.269 e. The summed E-state index contributed by atoms with van der Waals surface area (Å²) in [5.74, 6) is 1.43. The van der Waals surface area contributed by atoms with Gasteiger partial charge < -0.3 is 19.7 Å². The van der Waals surface area contributed by atoms with Crippen molar-refractivity contribution in [2.75, 3.05) is 0 Å². The second kappa shape index (κ2) is 18.6. The molecule has 8 aromatic rings. The molecule has 0 fully saturated rings. The third-order valence-electron chi connectivity index (χ3n) is 10.5. The molecule has 0 unspecified atom stereocenters. The number of aromatic hydroxyl groups is 2. The number of fused-ring (bicyclic) bond motifs is 8. The van der Waals surface area contributed by atoms with Crippen LogP contribution in [0.2, 0.25) is 0 Å². The highest BCUT2D eigenvalue weighted by molar-refractivity contribution is 5.61. The Hall–Kier alpha value is -9.34. The van der Waals surface area contributed by atoms with Crippen LogP contribution in [0.25, 0.3) is 0 Å². The van der Waals surface area contributed by atoms with Gasteiger partial charge >= 0.3 is 0 Å². The molecule has 2 heterocycles. The molecule has 1 aliphatic rings. The molecule has 328 valence electrons. The minimum Gasteiger partial charge on any atom is -0.507 e. The molecule has 0 atom stereocenters. The van der Waals surface area contributed by atoms with Crippen molar-refractivity contribution in [2.24, 2.45) is 20.5 Å². The number of para-hydroxylation sites is 2. The van der Waals surface area contributed by atoms with E-state index in [1.807, 2.05) is 36.4 Å². The van der Waals surface area contributed by atoms with Gasteiger partial charge in [-0.15, -0.1) is 20.4 Å². The minimum absolute atomic E-state index is 0.00805. The summed E-state index contributed by atoms with van der Waals surface area (Å²) in [5, 5.41) is 92.9. The van der Waals surface area contributed by atoms with E-state index in [2.05, 4.69) is 61.7 Å². The molecule has 0 radical (unpaired) electrons. The van der Waals surface area contributed by atoms with E-state index in [1.54, 1.807) is 24.3 Å². The number of hydrogen-bond donors (Lipinski definition) is 4. The lowest BCUT2D eigenvalue weighted by atomic mass is 9.91. The van der Waals surface area contributed by atoms with Crippen LogP contribution in [0.3, 0.4) is 0 Å². The minimum atomic E-state index is -0.498. The maximum atomic E-state index is 12.1. The van der Waals surface area contributed by atoms with E-state index in [0.717, 1.165) is 0 Å². The highest BCUT2D eigenvalue weighted by atomic mass is 16.6. The molecule has 0 saturated carbocycles. The molecule has 0 saturated heterocycles. The number of nitro benzene ring substituents is 2. The molecule has 0 amide bonds. The number of rotatable bonds is 12. The molecule has 2 aromatic heterocycles. The number of benzene rings is 6. The number of H-pyrrole nitrogens is 2. The second-order valence-corrected chi connectivity index (χ2v) is 14.9. The molecule has 22 nitrogen and oxygen atoms in total. The van der Waals surface area contributed by atoms with Crippen molar-refractivity contribution in [3.8, 4) is 23.0 Å². The fourth-order valence-corrected chi connectivity index (χ4v) is 7.44. The fraction of sp³-hybridized carbons (Fsp3) is 0.136. The zero-order chi connectivity index (χ0) is 45.6. The molecule has 66 heavy (non-hydrogen) atoms. The van der Waals surface area contributed by atoms with Gasteiger partial charge in [0.25, 0.3) is 11.4 Å². The van der Waals surface area contributed by atoms with Gasteiger partial charge in [0.15, 0.2) is 13.2 Å². The number of tetrazole rings is 2. The van der Waals surface area contributed by atoms with Gasteiger partial charge in [-0.25, -0.2) is 0 Å². The summed E-state index contributed by atoms with van der Waals surface area (Å²) in [6.45, 7) is -0.132. The summed E-state index contributed by atoms with van der Waals surface area (Å²) in [6, 6.07) is 29.2. The van der Waals surface area contributed by atoms with Gasteiger partial charge in [-0.2, -0.15) is 30.9 Å². The van der Waals surface area contributed by atoms with Gasteiger partial charge in [-0.05, 0) is 70.8 Å². The number of hydrogen-bond acceptors (Lipinski definition) is 18. The number of phenolic OH excluding ortho intramolecular Hbond substituents is 2. The predicted molar refractivity (Wildman–Crippen MR) is 232 cm³/mol. The summed E-state index contributed by atoms with van der Waals surface area (Å²) in [6.07, 6.45) is 0.544. The van der Waals surface area contributed by atoms with Gasteiger partial charge in [0.05, 0.1) is 32.6 Å². The number of phenols is 2. The number of nitro groups is 2. The van der Waals surface area contributed by atoms with Crippen molar-refractivity contribution in [1.82, 2.24) is 41.2 Å². The summed E-state index contributed by atoms with van der Waals surface area (Å²) in [5.41, 5.74) is 5.91. The first-order valence-corrected chi connectivity index (χ1v) is 20.1. The van der Waals surface area contributed by atoms with E-state index in [9.17, 15) is 30.4 Å². The van der Waals surface area contributed by atoms with Crippen LogP contribution < -0.4 is 9.47 Å². The van der Waals surface area contributed by atoms with Crippen LogP contribution in [0, 0.1) is 20.2 Å². The lowest BCUT2D eigenvalue weighted by Crippen LogP contribution is -2.07. The molecule has 6 aromatic carbocycles. The Balaban J connectivity index is 1.20. The highest BCUT2D eigenvalue weighted by Gasteiger charge is 2.23. The number of azo groups is 2. The van der Waals surface area contributed by atoms with Crippen molar-refractivity contribution >= 4 is 34.1 Å². The lowest BCUT2D eigenvalue weighted by molar-refractivity contribution is -0.385. The monoisotopic (exact) mass is 886 g/mol. The van der Waals surface area contributed by atoms with Gasteiger partial charge in [0, 0.05) is 72.2 Å². The maximum Gasteiger partial charge on any atom is 0.269 e. The molecule has 22 heteroatoms. The molecular formula is C44H34N14O8. The van der Waals surface area contributed by atoms with Crippen molar-refractivity contribution in [1.29, 1.82) is 0 Å². The zero-order valence-corrected chi connectivity index (χ0v) is 34.3. The number of aromatic amines is 2. The summed E-state index contributed by atoms with van der Waals surface area (Å²) >= 11 is 0. The maximum absolute atomic E-state index is 12.1. The predicted octanol–water partition coefficient (Wildman–Crippen LogP) is 8.61. The first kappa shape index (κ1) is 42.0. The third kappa shape index (κ3) is 9.51. The summed E-state index contributed by atoms with van der Waals surface area (Å²) in [7, 11) is 0. The molecule has 8 bridgehead atoms. The van der Waals surface area contributed by atoms with Crippen molar-refractivity contribution < 1.29 is 29.5 Å². The average molecular weight is 887 g/mol. The van der Waals surface area contributed by atoms with Gasteiger partial charge in [-0.3, -0.25) is 20.2 Å². The molecule has 0 spiro atoms. The molecule has 4 N–H and O–H groups in total. The van der Waals surface area contributed by atoms with Crippen LogP contribution in [0.5, 0.6) is 23.0 Å². The number of aromatic nitrogens is 8. The molecule has 9 rings (SSSR count). The highest BCUT2D eigenvalue weighted by Crippen LogP contribution is 2.41. The second-order valence-electron chi connectivity index (χ2n) is 14.9. The van der Waals surface area contributed by atoms with E-state index in [0.29, 0.717) is 78.8 Å². The average Bonchev–Trinajstić information content (AvgIpc) is 4.05. The molecular weight excluding hydrogens is 853 g/mol. The standard InChI is InChI=1S/C44H34N14O8/c59-41-29-15-25-3-1-4-26(43(25)65-23-39-49-53-54-50-39)16-30-20-36(48-46-34-9-13-38(14-10-34)58(63)64)22-32(42(30)60)18-28-6-2-5-27(44(28)66-24-40-51-55-56-52-40)17-31(41)21-35(19-29)47-45-33-7-11-37(12-8-33)57(61)62/h1-14,19-22,59-60H,15-18,23-24H2,(H,49,50,53,54)(H,51,52,55,56). The summed E-state index contributed by atoms with van der Waals surface area (Å²) in [4.78, 5) is 21.5. The quantitative estimate of drug-likeness (QED) is 0.0507. The zero-order valence-electron chi connectivity index (χ0n) is 34.3. The van der Waals surface area contributed by atoms with Crippen LogP contribution >= 0.6 is 0 Å². The van der Waals surface area contributed by atoms with Crippen LogP contribution in [0.4, 0.5) is 34.1 Å². The topological polar surface area (TPSA) is 304 Å².